The number of nitrogens with zero attached hydrogens (tertiary/aromatic N) is 1. The first-order valence-corrected chi connectivity index (χ1v) is 8.41. The average molecular weight is 260 g/mol. The van der Waals surface area contributed by atoms with Gasteiger partial charge in [0, 0.05) is 12.6 Å². The zero-order valence-corrected chi connectivity index (χ0v) is 11.5. The lowest BCUT2D eigenvalue weighted by Crippen LogP contribution is -2.36. The predicted octanol–water partition coefficient (Wildman–Crippen LogP) is 1.19. The summed E-state index contributed by atoms with van der Waals surface area (Å²) >= 11 is 0. The van der Waals surface area contributed by atoms with E-state index in [2.05, 4.69) is 5.32 Å². The topological polar surface area (TPSA) is 49.4 Å². The molecule has 2 aliphatic heterocycles. The molecular formula is C12H24N2O2S. The van der Waals surface area contributed by atoms with Crippen LogP contribution < -0.4 is 5.32 Å². The van der Waals surface area contributed by atoms with Crippen molar-refractivity contribution >= 4 is 10.0 Å². The Morgan fingerprint density at radius 2 is 1.94 bits per heavy atom. The minimum absolute atomic E-state index is 0.216. The third-order valence-corrected chi connectivity index (χ3v) is 6.10. The van der Waals surface area contributed by atoms with Crippen LogP contribution in [0.3, 0.4) is 0 Å². The Morgan fingerprint density at radius 3 is 2.53 bits per heavy atom. The smallest absolute Gasteiger partial charge is 0.214 e. The minimum atomic E-state index is -3.00. The number of piperidine rings is 1. The molecule has 0 aromatic rings. The summed E-state index contributed by atoms with van der Waals surface area (Å²) in [5.41, 5.74) is 0. The molecular weight excluding hydrogens is 236 g/mol. The van der Waals surface area contributed by atoms with Crippen LogP contribution in [0.1, 0.15) is 39.0 Å². The van der Waals surface area contributed by atoms with Gasteiger partial charge in [0.25, 0.3) is 0 Å². The van der Waals surface area contributed by atoms with E-state index in [4.69, 9.17) is 0 Å². The monoisotopic (exact) mass is 260 g/mol. The van der Waals surface area contributed by atoms with Crippen LogP contribution in [0.25, 0.3) is 0 Å². The molecule has 1 atom stereocenters. The Morgan fingerprint density at radius 1 is 1.24 bits per heavy atom. The second-order valence-electron chi connectivity index (χ2n) is 5.40. The van der Waals surface area contributed by atoms with Crippen molar-refractivity contribution in [1.29, 1.82) is 0 Å². The van der Waals surface area contributed by atoms with E-state index in [0.29, 0.717) is 11.7 Å². The molecule has 0 saturated carbocycles. The summed E-state index contributed by atoms with van der Waals surface area (Å²) in [5, 5.41) is 3.31. The summed E-state index contributed by atoms with van der Waals surface area (Å²) in [7, 11) is -3.00. The molecule has 2 heterocycles. The van der Waals surface area contributed by atoms with Gasteiger partial charge in [-0.1, -0.05) is 0 Å². The lowest BCUT2D eigenvalue weighted by atomic mass is 9.96. The summed E-state index contributed by atoms with van der Waals surface area (Å²) in [6.45, 7) is 4.85. The van der Waals surface area contributed by atoms with Crippen molar-refractivity contribution < 1.29 is 8.42 Å². The van der Waals surface area contributed by atoms with Crippen LogP contribution in [-0.2, 0) is 10.0 Å². The third kappa shape index (κ3) is 3.42. The first kappa shape index (κ1) is 13.3. The van der Waals surface area contributed by atoms with Crippen molar-refractivity contribution in [2.75, 3.05) is 25.4 Å². The quantitative estimate of drug-likeness (QED) is 0.826. The second-order valence-corrected chi connectivity index (χ2v) is 7.44. The van der Waals surface area contributed by atoms with Crippen molar-refractivity contribution in [3.05, 3.63) is 0 Å². The average Bonchev–Trinajstić information content (AvgIpc) is 2.75. The van der Waals surface area contributed by atoms with E-state index in [1.165, 1.54) is 0 Å². The van der Waals surface area contributed by atoms with E-state index in [9.17, 15) is 8.42 Å². The van der Waals surface area contributed by atoms with Gasteiger partial charge in [-0.2, -0.15) is 4.31 Å². The Kier molecular flexibility index (Phi) is 4.44. The fourth-order valence-corrected chi connectivity index (χ4v) is 4.85. The van der Waals surface area contributed by atoms with Gasteiger partial charge in [-0.05, 0) is 58.0 Å². The van der Waals surface area contributed by atoms with Crippen LogP contribution in [0.2, 0.25) is 0 Å². The fraction of sp³-hybridized carbons (Fsp3) is 1.00. The first-order chi connectivity index (χ1) is 8.09. The number of sulfonamides is 1. The first-order valence-electron chi connectivity index (χ1n) is 6.80. The fourth-order valence-electron chi connectivity index (χ4n) is 2.92. The molecule has 2 rings (SSSR count). The Hall–Kier alpha value is -0.130. The van der Waals surface area contributed by atoms with Gasteiger partial charge in [0.15, 0.2) is 0 Å². The van der Waals surface area contributed by atoms with Gasteiger partial charge >= 0.3 is 0 Å². The maximum Gasteiger partial charge on any atom is 0.214 e. The van der Waals surface area contributed by atoms with E-state index in [1.807, 2.05) is 6.92 Å². The van der Waals surface area contributed by atoms with Gasteiger partial charge in [0.1, 0.15) is 0 Å². The standard InChI is InChI=1S/C12H24N2O2S/c1-11-3-2-9-14(11)17(15,16)10-6-12-4-7-13-8-5-12/h11-13H,2-10H2,1H3. The van der Waals surface area contributed by atoms with E-state index >= 15 is 0 Å². The van der Waals surface area contributed by atoms with Gasteiger partial charge in [-0.25, -0.2) is 8.42 Å². The minimum Gasteiger partial charge on any atom is -0.317 e. The Balaban J connectivity index is 1.84. The predicted molar refractivity (Wildman–Crippen MR) is 69.4 cm³/mol. The highest BCUT2D eigenvalue weighted by atomic mass is 32.2. The van der Waals surface area contributed by atoms with Gasteiger partial charge in [-0.15, -0.1) is 0 Å². The van der Waals surface area contributed by atoms with Gasteiger partial charge < -0.3 is 5.32 Å². The Bertz CT molecular complexity index is 336. The molecule has 0 spiro atoms. The lowest BCUT2D eigenvalue weighted by molar-refractivity contribution is 0.358. The van der Waals surface area contributed by atoms with Crippen LogP contribution in [0, 0.1) is 5.92 Å². The second kappa shape index (κ2) is 5.67. The molecule has 0 aromatic heterocycles. The number of hydrogen-bond acceptors (Lipinski definition) is 3. The van der Waals surface area contributed by atoms with Crippen molar-refractivity contribution in [2.24, 2.45) is 5.92 Å². The molecule has 5 heteroatoms. The molecule has 17 heavy (non-hydrogen) atoms. The molecule has 0 amide bonds. The maximum absolute atomic E-state index is 12.2. The zero-order valence-electron chi connectivity index (χ0n) is 10.7. The summed E-state index contributed by atoms with van der Waals surface area (Å²) in [5.74, 6) is 0.950. The van der Waals surface area contributed by atoms with E-state index in [-0.39, 0.29) is 6.04 Å². The zero-order chi connectivity index (χ0) is 12.3. The van der Waals surface area contributed by atoms with Crippen LogP contribution in [-0.4, -0.2) is 44.2 Å². The number of hydrogen-bond donors (Lipinski definition) is 1. The molecule has 4 nitrogen and oxygen atoms in total. The summed E-state index contributed by atoms with van der Waals surface area (Å²) in [6, 6.07) is 0.216. The van der Waals surface area contributed by atoms with Crippen LogP contribution in [0.15, 0.2) is 0 Å². The normalized spacial score (nSPS) is 28.6. The molecule has 100 valence electrons. The molecule has 0 aliphatic carbocycles. The van der Waals surface area contributed by atoms with Crippen LogP contribution in [0.4, 0.5) is 0 Å². The van der Waals surface area contributed by atoms with E-state index < -0.39 is 10.0 Å². The molecule has 0 aromatic carbocycles. The molecule has 1 unspecified atom stereocenters. The molecule has 2 saturated heterocycles. The summed E-state index contributed by atoms with van der Waals surface area (Å²) in [4.78, 5) is 0. The van der Waals surface area contributed by atoms with Gasteiger partial charge in [-0.3, -0.25) is 0 Å². The van der Waals surface area contributed by atoms with E-state index in [1.54, 1.807) is 4.31 Å². The summed E-state index contributed by atoms with van der Waals surface area (Å²) < 4.78 is 26.1. The molecule has 0 bridgehead atoms. The highest BCUT2D eigenvalue weighted by molar-refractivity contribution is 7.89. The molecule has 1 N–H and O–H groups in total. The van der Waals surface area contributed by atoms with Crippen molar-refractivity contribution in [3.63, 3.8) is 0 Å². The van der Waals surface area contributed by atoms with Crippen molar-refractivity contribution in [1.82, 2.24) is 9.62 Å². The SMILES string of the molecule is CC1CCCN1S(=O)(=O)CCC1CCNCC1. The largest absolute Gasteiger partial charge is 0.317 e. The van der Waals surface area contributed by atoms with Crippen molar-refractivity contribution in [3.8, 4) is 0 Å². The lowest BCUT2D eigenvalue weighted by Gasteiger charge is -2.25. The molecule has 2 aliphatic rings. The van der Waals surface area contributed by atoms with Gasteiger partial charge in [0.05, 0.1) is 5.75 Å². The van der Waals surface area contributed by atoms with Crippen LogP contribution >= 0.6 is 0 Å². The van der Waals surface area contributed by atoms with E-state index in [0.717, 1.165) is 51.7 Å². The molecule has 0 radical (unpaired) electrons. The molecule has 2 fully saturated rings. The third-order valence-electron chi connectivity index (χ3n) is 4.09. The maximum atomic E-state index is 12.2. The highest BCUT2D eigenvalue weighted by Gasteiger charge is 2.31. The highest BCUT2D eigenvalue weighted by Crippen LogP contribution is 2.23. The van der Waals surface area contributed by atoms with Crippen LogP contribution in [0.5, 0.6) is 0 Å². The Labute approximate surface area is 105 Å². The summed E-state index contributed by atoms with van der Waals surface area (Å²) in [6.07, 6.45) is 5.14. The number of rotatable bonds is 4. The number of nitrogens with one attached hydrogen (secondary N) is 1. The van der Waals surface area contributed by atoms with Gasteiger partial charge in [0.2, 0.25) is 10.0 Å². The van der Waals surface area contributed by atoms with Crippen molar-refractivity contribution in [2.45, 2.75) is 45.1 Å².